The molecule has 1 aromatic heterocycles. The topological polar surface area (TPSA) is 13.1 Å². The molecule has 0 N–H and O–H groups in total. The van der Waals surface area contributed by atoms with Gasteiger partial charge in [-0.25, -0.2) is 4.39 Å². The summed E-state index contributed by atoms with van der Waals surface area (Å²) in [5.41, 5.74) is 4.58. The number of fused-ring (bicyclic) bond motifs is 3. The summed E-state index contributed by atoms with van der Waals surface area (Å²) >= 11 is 5.54. The maximum Gasteiger partial charge on any atom is 0.198 e. The lowest BCUT2D eigenvalue weighted by molar-refractivity contribution is 0.536. The molecule has 4 aromatic rings. The molecule has 4 rings (SSSR count). The van der Waals surface area contributed by atoms with E-state index in [1.165, 1.54) is 18.4 Å². The minimum absolute atomic E-state index is 0.270. The van der Waals surface area contributed by atoms with Crippen molar-refractivity contribution in [2.24, 2.45) is 0 Å². The van der Waals surface area contributed by atoms with Gasteiger partial charge in [0, 0.05) is 10.8 Å². The Hall–Kier alpha value is -2.52. The lowest BCUT2D eigenvalue weighted by Crippen LogP contribution is -1.93. The fourth-order valence-electron chi connectivity index (χ4n) is 4.19. The van der Waals surface area contributed by atoms with Crippen LogP contribution < -0.4 is 0 Å². The van der Waals surface area contributed by atoms with Crippen LogP contribution in [-0.2, 0) is 12.8 Å². The van der Waals surface area contributed by atoms with Crippen molar-refractivity contribution in [2.45, 2.75) is 58.8 Å². The molecule has 0 aliphatic carbocycles. The average Bonchev–Trinajstić information content (AvgIpc) is 2.80. The second-order valence-corrected chi connectivity index (χ2v) is 8.69. The van der Waals surface area contributed by atoms with E-state index < -0.39 is 0 Å². The molecule has 0 fully saturated rings. The molecule has 0 saturated carbocycles. The summed E-state index contributed by atoms with van der Waals surface area (Å²) in [7, 11) is 0. The summed E-state index contributed by atoms with van der Waals surface area (Å²) in [6.07, 6.45) is 7.44. The second kappa shape index (κ2) is 9.74. The van der Waals surface area contributed by atoms with Crippen molar-refractivity contribution in [1.29, 1.82) is 0 Å². The van der Waals surface area contributed by atoms with E-state index in [0.717, 1.165) is 59.4 Å². The summed E-state index contributed by atoms with van der Waals surface area (Å²) in [6, 6.07) is 18.8. The van der Waals surface area contributed by atoms with Crippen LogP contribution in [0.25, 0.3) is 32.9 Å². The Morgan fingerprint density at radius 3 is 2.19 bits per heavy atom. The van der Waals surface area contributed by atoms with Gasteiger partial charge in [-0.3, -0.25) is 0 Å². The molecule has 160 valence electrons. The number of halogens is 1. The van der Waals surface area contributed by atoms with Gasteiger partial charge in [0.15, 0.2) is 16.1 Å². The van der Waals surface area contributed by atoms with Crippen molar-refractivity contribution in [1.82, 2.24) is 0 Å². The van der Waals surface area contributed by atoms with Crippen LogP contribution in [0.15, 0.2) is 59.0 Å². The number of hydrogen-bond acceptors (Lipinski definition) is 2. The van der Waals surface area contributed by atoms with Crippen LogP contribution in [0.3, 0.4) is 0 Å². The van der Waals surface area contributed by atoms with Crippen molar-refractivity contribution in [3.05, 3.63) is 76.2 Å². The van der Waals surface area contributed by atoms with Crippen LogP contribution in [0.5, 0.6) is 0 Å². The standard InChI is InChI=1S/C28H29FOS/c1-3-5-7-9-21-14-17-24-23-16-15-22(18-25(23)28(31)30-27(24)26(21)29)20-12-10-19(11-13-20)8-6-4-2/h10-18H,3-9H2,1-2H3. The fourth-order valence-corrected chi connectivity index (χ4v) is 4.44. The minimum Gasteiger partial charge on any atom is -0.441 e. The maximum atomic E-state index is 15.1. The first-order valence-corrected chi connectivity index (χ1v) is 11.8. The summed E-state index contributed by atoms with van der Waals surface area (Å²) < 4.78 is 21.3. The van der Waals surface area contributed by atoms with E-state index in [4.69, 9.17) is 16.6 Å². The van der Waals surface area contributed by atoms with Crippen LogP contribution in [0, 0.1) is 10.5 Å². The van der Waals surface area contributed by atoms with Gasteiger partial charge in [0.05, 0.1) is 0 Å². The molecule has 3 aromatic carbocycles. The Morgan fingerprint density at radius 2 is 1.45 bits per heavy atom. The molecule has 0 amide bonds. The van der Waals surface area contributed by atoms with Gasteiger partial charge in [0.2, 0.25) is 0 Å². The molecule has 0 saturated heterocycles. The Balaban J connectivity index is 1.73. The first-order chi connectivity index (χ1) is 15.1. The monoisotopic (exact) mass is 432 g/mol. The molecule has 0 bridgehead atoms. The Bertz CT molecular complexity index is 1250. The van der Waals surface area contributed by atoms with Crippen LogP contribution >= 0.6 is 12.2 Å². The smallest absolute Gasteiger partial charge is 0.198 e. The van der Waals surface area contributed by atoms with Gasteiger partial charge in [-0.1, -0.05) is 81.6 Å². The van der Waals surface area contributed by atoms with Crippen molar-refractivity contribution in [2.75, 3.05) is 0 Å². The SMILES string of the molecule is CCCCCc1ccc2c(oc(=S)c3cc(-c4ccc(CCCC)cc4)ccc32)c1F. The predicted molar refractivity (Wildman–Crippen MR) is 132 cm³/mol. The lowest BCUT2D eigenvalue weighted by atomic mass is 9.98. The third kappa shape index (κ3) is 4.57. The molecular formula is C28H29FOS. The van der Waals surface area contributed by atoms with Gasteiger partial charge in [-0.05, 0) is 71.6 Å². The zero-order chi connectivity index (χ0) is 21.8. The molecule has 1 nitrogen and oxygen atoms in total. The molecular weight excluding hydrogens is 403 g/mol. The Morgan fingerprint density at radius 1 is 0.742 bits per heavy atom. The number of benzene rings is 3. The number of unbranched alkanes of at least 4 members (excludes halogenated alkanes) is 3. The largest absolute Gasteiger partial charge is 0.441 e. The molecule has 0 radical (unpaired) electrons. The number of aryl methyl sites for hydroxylation is 2. The van der Waals surface area contributed by atoms with Gasteiger partial charge < -0.3 is 4.42 Å². The highest BCUT2D eigenvalue weighted by Crippen LogP contribution is 2.33. The summed E-state index contributed by atoms with van der Waals surface area (Å²) in [4.78, 5) is 0. The molecule has 0 aliphatic rings. The van der Waals surface area contributed by atoms with Crippen molar-refractivity contribution < 1.29 is 8.81 Å². The first-order valence-electron chi connectivity index (χ1n) is 11.4. The van der Waals surface area contributed by atoms with Gasteiger partial charge in [-0.15, -0.1) is 0 Å². The second-order valence-electron chi connectivity index (χ2n) is 8.32. The minimum atomic E-state index is -0.270. The average molecular weight is 433 g/mol. The van der Waals surface area contributed by atoms with E-state index in [-0.39, 0.29) is 11.4 Å². The molecule has 31 heavy (non-hydrogen) atoms. The fraction of sp³-hybridized carbons (Fsp3) is 0.321. The molecule has 0 unspecified atom stereocenters. The quantitative estimate of drug-likeness (QED) is 0.156. The molecule has 0 spiro atoms. The normalized spacial score (nSPS) is 11.5. The van der Waals surface area contributed by atoms with E-state index in [0.29, 0.717) is 10.3 Å². The maximum absolute atomic E-state index is 15.1. The van der Waals surface area contributed by atoms with E-state index in [2.05, 4.69) is 50.2 Å². The lowest BCUT2D eigenvalue weighted by Gasteiger charge is -2.10. The molecule has 1 heterocycles. The first kappa shape index (κ1) is 21.7. The highest BCUT2D eigenvalue weighted by molar-refractivity contribution is 7.71. The van der Waals surface area contributed by atoms with Gasteiger partial charge >= 0.3 is 0 Å². The Kier molecular flexibility index (Phi) is 6.82. The van der Waals surface area contributed by atoms with Crippen molar-refractivity contribution >= 4 is 34.0 Å². The van der Waals surface area contributed by atoms with Crippen LogP contribution in [0.1, 0.15) is 57.1 Å². The predicted octanol–water partition coefficient (Wildman–Crippen LogP) is 9.20. The van der Waals surface area contributed by atoms with Gasteiger partial charge in [0.25, 0.3) is 0 Å². The summed E-state index contributed by atoms with van der Waals surface area (Å²) in [5, 5.41) is 2.57. The highest BCUT2D eigenvalue weighted by Gasteiger charge is 2.14. The van der Waals surface area contributed by atoms with E-state index in [1.54, 1.807) is 0 Å². The highest BCUT2D eigenvalue weighted by atomic mass is 32.1. The van der Waals surface area contributed by atoms with E-state index in [1.807, 2.05) is 18.2 Å². The van der Waals surface area contributed by atoms with Crippen molar-refractivity contribution in [3.63, 3.8) is 0 Å². The zero-order valence-electron chi connectivity index (χ0n) is 18.3. The molecule has 0 aliphatic heterocycles. The zero-order valence-corrected chi connectivity index (χ0v) is 19.2. The van der Waals surface area contributed by atoms with E-state index >= 15 is 4.39 Å². The van der Waals surface area contributed by atoms with Crippen LogP contribution in [0.4, 0.5) is 4.39 Å². The number of hydrogen-bond donors (Lipinski definition) is 0. The van der Waals surface area contributed by atoms with E-state index in [9.17, 15) is 0 Å². The van der Waals surface area contributed by atoms with Crippen molar-refractivity contribution in [3.8, 4) is 11.1 Å². The third-order valence-corrected chi connectivity index (χ3v) is 6.36. The molecule has 3 heteroatoms. The van der Waals surface area contributed by atoms with Gasteiger partial charge in [-0.2, -0.15) is 0 Å². The van der Waals surface area contributed by atoms with Crippen LogP contribution in [-0.4, -0.2) is 0 Å². The summed E-state index contributed by atoms with van der Waals surface area (Å²) in [6.45, 7) is 4.36. The Labute approximate surface area is 188 Å². The van der Waals surface area contributed by atoms with Gasteiger partial charge in [0.1, 0.15) is 0 Å². The number of rotatable bonds is 8. The summed E-state index contributed by atoms with van der Waals surface area (Å²) in [5.74, 6) is -0.270. The third-order valence-electron chi connectivity index (χ3n) is 6.06. The van der Waals surface area contributed by atoms with Crippen LogP contribution in [0.2, 0.25) is 0 Å². The molecule has 0 atom stereocenters.